The van der Waals surface area contributed by atoms with Crippen molar-refractivity contribution in [2.75, 3.05) is 0 Å². The lowest BCUT2D eigenvalue weighted by molar-refractivity contribution is 0.867. The molecule has 7 aromatic rings. The molecule has 43 heavy (non-hydrogen) atoms. The molecule has 1 aliphatic rings. The summed E-state index contributed by atoms with van der Waals surface area (Å²) in [6, 6.07) is 37.7. The molecule has 0 spiro atoms. The third-order valence-electron chi connectivity index (χ3n) is 8.80. The molecule has 0 atom stereocenters. The molecule has 2 aromatic heterocycles. The van der Waals surface area contributed by atoms with E-state index in [0.29, 0.717) is 0 Å². The highest BCUT2D eigenvalue weighted by Gasteiger charge is 2.26. The summed E-state index contributed by atoms with van der Waals surface area (Å²) in [7, 11) is 0. The Labute approximate surface area is 255 Å². The molecular weight excluding hydrogens is 541 g/mol. The van der Waals surface area contributed by atoms with Gasteiger partial charge in [-0.25, -0.2) is 0 Å². The molecule has 0 amide bonds. The quantitative estimate of drug-likeness (QED) is 0.219. The minimum absolute atomic E-state index is 0.760. The molecule has 3 heteroatoms. The average Bonchev–Trinajstić information content (AvgIpc) is 3.69. The minimum Gasteiger partial charge on any atom is -0.404 e. The highest BCUT2D eigenvalue weighted by molar-refractivity contribution is 7.20. The second-order valence-electron chi connectivity index (χ2n) is 11.1. The lowest BCUT2D eigenvalue weighted by Crippen LogP contribution is -2.03. The van der Waals surface area contributed by atoms with Gasteiger partial charge in [0.1, 0.15) is 0 Å². The number of benzene rings is 5. The zero-order valence-corrected chi connectivity index (χ0v) is 24.8. The summed E-state index contributed by atoms with van der Waals surface area (Å²) in [6.45, 7) is 6.88. The first-order chi connectivity index (χ1) is 21.2. The predicted octanol–water partition coefficient (Wildman–Crippen LogP) is 10.7. The molecule has 0 aliphatic heterocycles. The van der Waals surface area contributed by atoms with Gasteiger partial charge in [0.15, 0.2) is 0 Å². The van der Waals surface area contributed by atoms with E-state index in [1.54, 1.807) is 17.5 Å². The summed E-state index contributed by atoms with van der Waals surface area (Å²) < 4.78 is 3.75. The molecule has 2 nitrogen and oxygen atoms in total. The molecule has 206 valence electrons. The maximum Gasteiger partial charge on any atom is 0.0494 e. The van der Waals surface area contributed by atoms with Crippen molar-refractivity contribution in [2.45, 2.75) is 13.5 Å². The number of para-hydroxylation sites is 1. The van der Waals surface area contributed by atoms with Crippen LogP contribution in [0, 0.1) is 0 Å². The van der Waals surface area contributed by atoms with Crippen LogP contribution < -0.4 is 5.73 Å². The van der Waals surface area contributed by atoms with E-state index in [9.17, 15) is 0 Å². The van der Waals surface area contributed by atoms with Crippen molar-refractivity contribution in [3.05, 3.63) is 149 Å². The summed E-state index contributed by atoms with van der Waals surface area (Å²) in [6.07, 6.45) is 8.04. The highest BCUT2D eigenvalue weighted by atomic mass is 32.1. The van der Waals surface area contributed by atoms with Crippen LogP contribution in [0.25, 0.3) is 71.9 Å². The Kier molecular flexibility index (Phi) is 5.95. The van der Waals surface area contributed by atoms with E-state index in [1.165, 1.54) is 81.3 Å². The molecule has 1 aliphatic carbocycles. The maximum absolute atomic E-state index is 6.25. The van der Waals surface area contributed by atoms with Gasteiger partial charge in [-0.2, -0.15) is 0 Å². The number of nitrogens with zero attached hydrogens (tertiary/aromatic N) is 1. The van der Waals surface area contributed by atoms with Crippen molar-refractivity contribution in [2.24, 2.45) is 5.73 Å². The van der Waals surface area contributed by atoms with Crippen molar-refractivity contribution >= 4 is 61.0 Å². The normalized spacial score (nSPS) is 13.5. The first-order valence-electron chi connectivity index (χ1n) is 14.7. The van der Waals surface area contributed by atoms with Crippen LogP contribution in [-0.4, -0.2) is 4.57 Å². The van der Waals surface area contributed by atoms with Gasteiger partial charge in [0.2, 0.25) is 0 Å². The van der Waals surface area contributed by atoms with Gasteiger partial charge < -0.3 is 10.3 Å². The van der Waals surface area contributed by atoms with Crippen LogP contribution in [0.2, 0.25) is 0 Å². The molecule has 0 radical (unpaired) electrons. The van der Waals surface area contributed by atoms with E-state index in [2.05, 4.69) is 133 Å². The molecule has 5 aromatic carbocycles. The van der Waals surface area contributed by atoms with Crippen molar-refractivity contribution in [3.8, 4) is 22.3 Å². The second-order valence-corrected chi connectivity index (χ2v) is 12.2. The molecular formula is C40H30N2S. The molecule has 0 saturated heterocycles. The Balaban J connectivity index is 1.28. The third kappa shape index (κ3) is 3.86. The fourth-order valence-corrected chi connectivity index (χ4v) is 7.94. The molecule has 2 N–H and O–H groups in total. The Morgan fingerprint density at radius 2 is 1.47 bits per heavy atom. The van der Waals surface area contributed by atoms with E-state index < -0.39 is 0 Å². The van der Waals surface area contributed by atoms with Crippen molar-refractivity contribution in [3.63, 3.8) is 0 Å². The molecule has 0 unspecified atom stereocenters. The third-order valence-corrected chi connectivity index (χ3v) is 9.98. The topological polar surface area (TPSA) is 30.9 Å². The van der Waals surface area contributed by atoms with Crippen molar-refractivity contribution in [1.82, 2.24) is 4.57 Å². The van der Waals surface area contributed by atoms with Gasteiger partial charge in [-0.15, -0.1) is 11.3 Å². The molecule has 2 heterocycles. The fourth-order valence-electron chi connectivity index (χ4n) is 6.91. The molecule has 8 rings (SSSR count). The lowest BCUT2D eigenvalue weighted by atomic mass is 9.98. The fraction of sp³-hybridized carbons (Fsp3) is 0.0500. The van der Waals surface area contributed by atoms with Crippen LogP contribution in [-0.2, 0) is 6.54 Å². The Bertz CT molecular complexity index is 2310. The van der Waals surface area contributed by atoms with Gasteiger partial charge in [0, 0.05) is 55.1 Å². The Morgan fingerprint density at radius 1 is 0.744 bits per heavy atom. The van der Waals surface area contributed by atoms with Crippen LogP contribution in [0.4, 0.5) is 0 Å². The molecule has 0 fully saturated rings. The van der Waals surface area contributed by atoms with E-state index in [-0.39, 0.29) is 0 Å². The van der Waals surface area contributed by atoms with Gasteiger partial charge in [-0.05, 0) is 81.8 Å². The van der Waals surface area contributed by atoms with Crippen LogP contribution in [0.5, 0.6) is 0 Å². The van der Waals surface area contributed by atoms with E-state index >= 15 is 0 Å². The Hall–Kier alpha value is -5.12. The van der Waals surface area contributed by atoms with E-state index in [1.807, 2.05) is 6.08 Å². The number of hydrogen-bond acceptors (Lipinski definition) is 2. The summed E-state index contributed by atoms with van der Waals surface area (Å²) in [4.78, 5) is 1.21. The standard InChI is InChI=1S/C40H30N2S/c1-3-10-31-34-22-26(18-20-39(34)43-38(31)4-2)25-17-19-37-33(21-25)30-14-7-8-16-36(30)42(37)24-27-11-9-15-32-28-12-5-6-13-29(28)35(23-41)40(27)32/h3-23H,2,24,41H2,1H3/b10-3-,35-23-. The van der Waals surface area contributed by atoms with Gasteiger partial charge >= 0.3 is 0 Å². The SMILES string of the molecule is C=Cc1sc2ccc(-c3ccc4c(c3)c3ccccc3n4Cc3cccc4c3/C(=C\N)c3ccccc3-4)cc2c1/C=C\C. The number of aromatic nitrogens is 1. The van der Waals surface area contributed by atoms with Crippen LogP contribution in [0.15, 0.2) is 122 Å². The number of nitrogens with two attached hydrogens (primary N) is 1. The van der Waals surface area contributed by atoms with Crippen LogP contribution >= 0.6 is 11.3 Å². The number of fused-ring (bicyclic) bond motifs is 7. The summed E-state index contributed by atoms with van der Waals surface area (Å²) in [5.74, 6) is 0. The zero-order valence-electron chi connectivity index (χ0n) is 24.0. The summed E-state index contributed by atoms with van der Waals surface area (Å²) in [5.41, 5.74) is 19.8. The van der Waals surface area contributed by atoms with Crippen LogP contribution in [0.3, 0.4) is 0 Å². The lowest BCUT2D eigenvalue weighted by Gasteiger charge is -2.13. The number of rotatable bonds is 5. The molecule has 0 saturated carbocycles. The number of hydrogen-bond donors (Lipinski definition) is 1. The van der Waals surface area contributed by atoms with E-state index in [4.69, 9.17) is 5.73 Å². The number of allylic oxidation sites excluding steroid dienone is 1. The predicted molar refractivity (Wildman–Crippen MR) is 187 cm³/mol. The maximum atomic E-state index is 6.25. The largest absolute Gasteiger partial charge is 0.404 e. The first kappa shape index (κ1) is 25.6. The highest BCUT2D eigenvalue weighted by Crippen LogP contribution is 2.46. The van der Waals surface area contributed by atoms with Crippen LogP contribution in [0.1, 0.15) is 34.1 Å². The zero-order chi connectivity index (χ0) is 29.1. The van der Waals surface area contributed by atoms with Gasteiger partial charge in [-0.3, -0.25) is 0 Å². The summed E-state index contributed by atoms with van der Waals surface area (Å²) in [5, 5.41) is 3.81. The van der Waals surface area contributed by atoms with Crippen molar-refractivity contribution < 1.29 is 0 Å². The van der Waals surface area contributed by atoms with Gasteiger partial charge in [-0.1, -0.05) is 97.6 Å². The van der Waals surface area contributed by atoms with Gasteiger partial charge in [0.25, 0.3) is 0 Å². The average molecular weight is 571 g/mol. The number of thiophene rings is 1. The smallest absolute Gasteiger partial charge is 0.0494 e. The minimum atomic E-state index is 0.760. The summed E-state index contributed by atoms with van der Waals surface area (Å²) >= 11 is 1.80. The van der Waals surface area contributed by atoms with E-state index in [0.717, 1.165) is 12.1 Å². The Morgan fingerprint density at radius 3 is 2.28 bits per heavy atom. The van der Waals surface area contributed by atoms with Crippen molar-refractivity contribution in [1.29, 1.82) is 0 Å². The monoisotopic (exact) mass is 570 g/mol. The first-order valence-corrected chi connectivity index (χ1v) is 15.5. The van der Waals surface area contributed by atoms with Gasteiger partial charge in [0.05, 0.1) is 0 Å². The second kappa shape index (κ2) is 10.0. The molecule has 0 bridgehead atoms.